The van der Waals surface area contributed by atoms with Gasteiger partial charge in [-0.2, -0.15) is 10.1 Å². The largest absolute Gasteiger partial charge is 0.330 e. The molecule has 0 atom stereocenters. The van der Waals surface area contributed by atoms with Crippen LogP contribution in [-0.4, -0.2) is 67.2 Å². The fraction of sp³-hybridized carbons (Fsp3) is 0.370. The molecule has 1 aromatic carbocycles. The van der Waals surface area contributed by atoms with Crippen molar-refractivity contribution in [1.82, 2.24) is 29.5 Å². The number of nitrogens with one attached hydrogen (secondary N) is 2. The first-order valence-electron chi connectivity index (χ1n) is 13.1. The molecule has 11 nitrogen and oxygen atoms in total. The second kappa shape index (κ2) is 10.3. The van der Waals surface area contributed by atoms with Gasteiger partial charge in [-0.3, -0.25) is 14.4 Å². The average Bonchev–Trinajstić information content (AvgIpc) is 3.46. The third-order valence-corrected chi connectivity index (χ3v) is 6.98. The van der Waals surface area contributed by atoms with Gasteiger partial charge in [-0.05, 0) is 57.0 Å². The zero-order chi connectivity index (χ0) is 26.1. The summed E-state index contributed by atoms with van der Waals surface area (Å²) in [5.74, 6) is 0.709. The number of benzene rings is 1. The molecule has 4 heterocycles. The Morgan fingerprint density at radius 2 is 2.00 bits per heavy atom. The van der Waals surface area contributed by atoms with E-state index in [0.29, 0.717) is 29.7 Å². The second-order valence-corrected chi connectivity index (χ2v) is 10.00. The van der Waals surface area contributed by atoms with Crippen LogP contribution in [0, 0.1) is 0 Å². The molecule has 2 N–H and O–H groups in total. The maximum absolute atomic E-state index is 13.7. The molecule has 2 fully saturated rings. The van der Waals surface area contributed by atoms with Crippen molar-refractivity contribution in [2.24, 2.45) is 7.05 Å². The van der Waals surface area contributed by atoms with Crippen LogP contribution in [0.2, 0.25) is 0 Å². The summed E-state index contributed by atoms with van der Waals surface area (Å²) in [5, 5.41) is 10.3. The number of aromatic nitrogens is 4. The monoisotopic (exact) mass is 513 g/mol. The maximum Gasteiger partial charge on any atom is 0.330 e. The summed E-state index contributed by atoms with van der Waals surface area (Å²) >= 11 is 0. The lowest BCUT2D eigenvalue weighted by molar-refractivity contribution is -0.111. The van der Waals surface area contributed by atoms with Gasteiger partial charge in [0, 0.05) is 49.4 Å². The molecule has 38 heavy (non-hydrogen) atoms. The fourth-order valence-corrected chi connectivity index (χ4v) is 4.93. The molecule has 3 amide bonds. The van der Waals surface area contributed by atoms with Gasteiger partial charge in [0.15, 0.2) is 5.82 Å². The summed E-state index contributed by atoms with van der Waals surface area (Å²) in [7, 11) is 1.83. The molecule has 196 valence electrons. The molecule has 6 rings (SSSR count). The number of hydrogen-bond donors (Lipinski definition) is 2. The maximum atomic E-state index is 13.7. The van der Waals surface area contributed by atoms with Crippen molar-refractivity contribution < 1.29 is 9.59 Å². The first kappa shape index (κ1) is 24.1. The van der Waals surface area contributed by atoms with Gasteiger partial charge in [0.2, 0.25) is 11.9 Å². The Labute approximate surface area is 221 Å². The van der Waals surface area contributed by atoms with Crippen LogP contribution in [0.1, 0.15) is 31.2 Å². The Hall–Kier alpha value is -4.25. The van der Waals surface area contributed by atoms with Crippen molar-refractivity contribution in [3.63, 3.8) is 0 Å². The van der Waals surface area contributed by atoms with E-state index in [0.717, 1.165) is 43.7 Å². The van der Waals surface area contributed by atoms with Crippen LogP contribution in [0.4, 0.5) is 33.6 Å². The highest BCUT2D eigenvalue weighted by molar-refractivity contribution is 6.03. The molecule has 0 bridgehead atoms. The lowest BCUT2D eigenvalue weighted by Gasteiger charge is -2.36. The van der Waals surface area contributed by atoms with Crippen molar-refractivity contribution >= 4 is 40.8 Å². The molecule has 2 aliphatic heterocycles. The zero-order valence-electron chi connectivity index (χ0n) is 21.4. The van der Waals surface area contributed by atoms with Gasteiger partial charge >= 0.3 is 6.03 Å². The Morgan fingerprint density at radius 1 is 1.16 bits per heavy atom. The summed E-state index contributed by atoms with van der Waals surface area (Å²) < 4.78 is 1.69. The second-order valence-electron chi connectivity index (χ2n) is 10.00. The number of anilines is 5. The summed E-state index contributed by atoms with van der Waals surface area (Å²) in [5.41, 5.74) is 2.86. The van der Waals surface area contributed by atoms with Gasteiger partial charge in [-0.1, -0.05) is 12.1 Å². The van der Waals surface area contributed by atoms with Crippen molar-refractivity contribution in [3.8, 4) is 0 Å². The number of likely N-dealkylation sites (tertiary alicyclic amines) is 1. The highest BCUT2D eigenvalue weighted by Gasteiger charge is 2.41. The molecule has 2 aromatic heterocycles. The van der Waals surface area contributed by atoms with E-state index in [2.05, 4.69) is 25.6 Å². The highest BCUT2D eigenvalue weighted by atomic mass is 16.2. The third-order valence-electron chi connectivity index (χ3n) is 6.98. The number of hydrogen-bond acceptors (Lipinski definition) is 7. The van der Waals surface area contributed by atoms with E-state index in [-0.39, 0.29) is 18.0 Å². The van der Waals surface area contributed by atoms with Gasteiger partial charge in [0.1, 0.15) is 0 Å². The molecule has 1 aliphatic carbocycles. The van der Waals surface area contributed by atoms with Gasteiger partial charge < -0.3 is 15.5 Å². The highest BCUT2D eigenvalue weighted by Crippen LogP contribution is 2.39. The number of aryl methyl sites for hydroxylation is 1. The van der Waals surface area contributed by atoms with Crippen LogP contribution < -0.4 is 15.5 Å². The van der Waals surface area contributed by atoms with Gasteiger partial charge in [0.05, 0.1) is 24.1 Å². The van der Waals surface area contributed by atoms with E-state index >= 15 is 0 Å². The SMILES string of the molecule is Cn1cc(Nc2ncc3c(n2)N(c2cccc(NC(=O)/C=C/CN4CCCC4)c2)C(=O)N(C2CC2)C3)cn1. The van der Waals surface area contributed by atoms with Crippen LogP contribution in [0.15, 0.2) is 55.0 Å². The number of fused-ring (bicyclic) bond motifs is 1. The van der Waals surface area contributed by atoms with E-state index < -0.39 is 0 Å². The number of carbonyl (C=O) groups is 2. The number of rotatable bonds is 8. The standard InChI is InChI=1S/C27H31N9O2/c1-33-18-21(16-29-33)31-26-28-15-19-17-35(22-9-10-22)27(38)36(25(19)32-26)23-7-4-6-20(14-23)30-24(37)8-5-13-34-11-2-3-12-34/h4-8,14-16,18,22H,2-3,9-13,17H2,1H3,(H,30,37)(H,28,31,32)/b8-5+. The summed E-state index contributed by atoms with van der Waals surface area (Å²) in [6, 6.07) is 7.42. The van der Waals surface area contributed by atoms with Crippen LogP contribution in [0.3, 0.4) is 0 Å². The van der Waals surface area contributed by atoms with Crippen molar-refractivity contribution in [2.45, 2.75) is 38.3 Å². The number of nitrogens with zero attached hydrogens (tertiary/aromatic N) is 7. The molecular formula is C27H31N9O2. The lowest BCUT2D eigenvalue weighted by Crippen LogP contribution is -2.46. The minimum Gasteiger partial charge on any atom is -0.322 e. The van der Waals surface area contributed by atoms with Gasteiger partial charge in [0.25, 0.3) is 0 Å². The summed E-state index contributed by atoms with van der Waals surface area (Å²) in [6.45, 7) is 3.42. The molecular weight excluding hydrogens is 482 g/mol. The van der Waals surface area contributed by atoms with E-state index in [1.165, 1.54) is 12.8 Å². The lowest BCUT2D eigenvalue weighted by atomic mass is 10.1. The topological polar surface area (TPSA) is 112 Å². The van der Waals surface area contributed by atoms with Gasteiger partial charge in [-0.25, -0.2) is 14.7 Å². The van der Waals surface area contributed by atoms with Crippen LogP contribution in [0.5, 0.6) is 0 Å². The first-order chi connectivity index (χ1) is 18.5. The molecule has 3 aromatic rings. The Morgan fingerprint density at radius 3 is 2.76 bits per heavy atom. The quantitative estimate of drug-likeness (QED) is 0.441. The summed E-state index contributed by atoms with van der Waals surface area (Å²) in [6.07, 6.45) is 13.2. The number of urea groups is 1. The van der Waals surface area contributed by atoms with Crippen LogP contribution in [0.25, 0.3) is 0 Å². The molecule has 0 unspecified atom stereocenters. The smallest absolute Gasteiger partial charge is 0.322 e. The number of carbonyl (C=O) groups excluding carboxylic acids is 2. The molecule has 0 spiro atoms. The van der Waals surface area contributed by atoms with Gasteiger partial charge in [-0.15, -0.1) is 0 Å². The van der Waals surface area contributed by atoms with E-state index in [1.54, 1.807) is 34.1 Å². The predicted octanol–water partition coefficient (Wildman–Crippen LogP) is 3.78. The van der Waals surface area contributed by atoms with E-state index in [9.17, 15) is 9.59 Å². The third kappa shape index (κ3) is 5.23. The normalized spacial score (nSPS) is 17.8. The molecule has 1 saturated heterocycles. The van der Waals surface area contributed by atoms with Crippen molar-refractivity contribution in [2.75, 3.05) is 35.2 Å². The zero-order valence-corrected chi connectivity index (χ0v) is 21.4. The fourth-order valence-electron chi connectivity index (χ4n) is 4.93. The van der Waals surface area contributed by atoms with Crippen LogP contribution in [-0.2, 0) is 18.4 Å². The number of amides is 3. The average molecular weight is 514 g/mol. The minimum atomic E-state index is -0.198. The van der Waals surface area contributed by atoms with Crippen molar-refractivity contribution in [1.29, 1.82) is 0 Å². The first-order valence-corrected chi connectivity index (χ1v) is 13.1. The minimum absolute atomic E-state index is 0.125. The Balaban J connectivity index is 1.25. The van der Waals surface area contributed by atoms with Crippen LogP contribution >= 0.6 is 0 Å². The Bertz CT molecular complexity index is 1370. The van der Waals surface area contributed by atoms with E-state index in [1.807, 2.05) is 42.4 Å². The van der Waals surface area contributed by atoms with Crippen molar-refractivity contribution in [3.05, 3.63) is 60.6 Å². The predicted molar refractivity (Wildman–Crippen MR) is 145 cm³/mol. The molecule has 3 aliphatic rings. The van der Waals surface area contributed by atoms with E-state index in [4.69, 9.17) is 4.98 Å². The Kier molecular flexibility index (Phi) is 6.50. The molecule has 11 heteroatoms. The summed E-state index contributed by atoms with van der Waals surface area (Å²) in [4.78, 5) is 41.3. The molecule has 1 saturated carbocycles. The molecule has 0 radical (unpaired) electrons.